The van der Waals surface area contributed by atoms with Crippen molar-refractivity contribution in [2.45, 2.75) is 71.9 Å². The molecule has 1 N–H and O–H groups in total. The van der Waals surface area contributed by atoms with Crippen molar-refractivity contribution in [3.8, 4) is 0 Å². The maximum atomic E-state index is 13.1. The lowest BCUT2D eigenvalue weighted by molar-refractivity contribution is -0.139. The summed E-state index contributed by atoms with van der Waals surface area (Å²) in [7, 11) is 0. The summed E-state index contributed by atoms with van der Waals surface area (Å²) in [6, 6.07) is 6.22. The van der Waals surface area contributed by atoms with Gasteiger partial charge in [0.25, 0.3) is 0 Å². The van der Waals surface area contributed by atoms with Crippen LogP contribution in [0.1, 0.15) is 68.7 Å². The Labute approximate surface area is 205 Å². The van der Waals surface area contributed by atoms with Gasteiger partial charge in [-0.25, -0.2) is 9.79 Å². The third-order valence-corrected chi connectivity index (χ3v) is 8.53. The molecule has 1 aromatic carbocycles. The van der Waals surface area contributed by atoms with E-state index in [1.165, 1.54) is 36.6 Å². The minimum Gasteiger partial charge on any atom is -0.463 e. The normalized spacial score (nSPS) is 27.5. The molecule has 0 unspecified atom stereocenters. The number of aryl methyl sites for hydroxylation is 2. The molecule has 180 valence electrons. The van der Waals surface area contributed by atoms with Gasteiger partial charge in [0.1, 0.15) is 0 Å². The molecule has 2 aliphatic heterocycles. The van der Waals surface area contributed by atoms with Gasteiger partial charge in [-0.3, -0.25) is 4.79 Å². The van der Waals surface area contributed by atoms with Crippen molar-refractivity contribution in [3.63, 3.8) is 0 Å². The highest BCUT2D eigenvalue weighted by Gasteiger charge is 2.43. The lowest BCUT2D eigenvalue weighted by atomic mass is 9.90. The number of thioether (sulfide) groups is 1. The Morgan fingerprint density at radius 1 is 1.21 bits per heavy atom. The molecule has 1 amide bonds. The molecule has 2 fully saturated rings. The van der Waals surface area contributed by atoms with Crippen molar-refractivity contribution < 1.29 is 14.3 Å². The fourth-order valence-electron chi connectivity index (χ4n) is 6.11. The van der Waals surface area contributed by atoms with E-state index in [9.17, 15) is 9.59 Å². The monoisotopic (exact) mass is 479 g/mol. The topological polar surface area (TPSA) is 71.0 Å². The smallest absolute Gasteiger partial charge is 0.338 e. The number of carbonyl (C=O) groups excluding carboxylic acids is 2. The molecule has 2 heterocycles. The van der Waals surface area contributed by atoms with Gasteiger partial charge in [0.05, 0.1) is 30.3 Å². The van der Waals surface area contributed by atoms with Gasteiger partial charge in [0, 0.05) is 11.7 Å². The SMILES string of the molecule is CCOC(=O)C1=C(C)N=C2SC=C(CC(=O)N[C@H]3C[C@H]4CC[C@H]3C4)N2[C@@H]1c1ccc(C)cc1C. The van der Waals surface area contributed by atoms with Crippen molar-refractivity contribution in [3.05, 3.63) is 57.3 Å². The second-order valence-electron chi connectivity index (χ2n) is 10.00. The quantitative estimate of drug-likeness (QED) is 0.573. The van der Waals surface area contributed by atoms with Crippen molar-refractivity contribution in [2.24, 2.45) is 16.8 Å². The minimum atomic E-state index is -0.372. The zero-order valence-corrected chi connectivity index (χ0v) is 21.2. The predicted molar refractivity (Wildman–Crippen MR) is 135 cm³/mol. The Morgan fingerprint density at radius 3 is 2.71 bits per heavy atom. The molecule has 1 aromatic rings. The molecular weight excluding hydrogens is 446 g/mol. The third-order valence-electron chi connectivity index (χ3n) is 7.64. The summed E-state index contributed by atoms with van der Waals surface area (Å²) >= 11 is 1.52. The van der Waals surface area contributed by atoms with Gasteiger partial charge < -0.3 is 15.0 Å². The Balaban J connectivity index is 1.44. The molecule has 7 heteroatoms. The lowest BCUT2D eigenvalue weighted by Gasteiger charge is -2.37. The number of rotatable bonds is 6. The molecule has 4 aliphatic rings. The maximum Gasteiger partial charge on any atom is 0.338 e. The van der Waals surface area contributed by atoms with E-state index in [0.29, 0.717) is 29.8 Å². The minimum absolute atomic E-state index is 0.0500. The number of benzene rings is 1. The first-order chi connectivity index (χ1) is 16.4. The van der Waals surface area contributed by atoms with E-state index in [0.717, 1.165) is 34.3 Å². The van der Waals surface area contributed by atoms with Crippen molar-refractivity contribution in [1.82, 2.24) is 10.2 Å². The fraction of sp³-hybridized carbons (Fsp3) is 0.519. The zero-order valence-electron chi connectivity index (χ0n) is 20.4. The van der Waals surface area contributed by atoms with E-state index < -0.39 is 0 Å². The molecule has 34 heavy (non-hydrogen) atoms. The summed E-state index contributed by atoms with van der Waals surface area (Å²) in [5, 5.41) is 6.12. The van der Waals surface area contributed by atoms with E-state index in [1.807, 2.05) is 19.3 Å². The van der Waals surface area contributed by atoms with Crippen molar-refractivity contribution >= 4 is 28.8 Å². The Hall–Kier alpha value is -2.54. The molecule has 2 saturated carbocycles. The summed E-state index contributed by atoms with van der Waals surface area (Å²) in [5.74, 6) is 1.12. The zero-order chi connectivity index (χ0) is 24.0. The van der Waals surface area contributed by atoms with Crippen LogP contribution in [0.3, 0.4) is 0 Å². The summed E-state index contributed by atoms with van der Waals surface area (Å²) in [5.41, 5.74) is 5.39. The molecule has 0 saturated heterocycles. The Morgan fingerprint density at radius 2 is 2.03 bits per heavy atom. The van der Waals surface area contributed by atoms with Gasteiger partial charge in [0.15, 0.2) is 5.17 Å². The highest BCUT2D eigenvalue weighted by atomic mass is 32.2. The molecule has 0 radical (unpaired) electrons. The Bertz CT molecular complexity index is 1120. The number of carbonyl (C=O) groups is 2. The predicted octanol–water partition coefficient (Wildman–Crippen LogP) is 5.14. The first kappa shape index (κ1) is 23.2. The van der Waals surface area contributed by atoms with Crippen molar-refractivity contribution in [1.29, 1.82) is 0 Å². The first-order valence-corrected chi connectivity index (χ1v) is 13.2. The molecule has 6 nitrogen and oxygen atoms in total. The number of hydrogen-bond acceptors (Lipinski definition) is 6. The van der Waals surface area contributed by atoms with Crippen LogP contribution in [-0.2, 0) is 14.3 Å². The molecular formula is C27H33N3O3S. The number of amidine groups is 1. The fourth-order valence-corrected chi connectivity index (χ4v) is 7.07. The number of esters is 1. The van der Waals surface area contributed by atoms with Crippen LogP contribution < -0.4 is 5.32 Å². The van der Waals surface area contributed by atoms with Gasteiger partial charge in [-0.15, -0.1) is 0 Å². The molecule has 0 aromatic heterocycles. The molecule has 5 rings (SSSR count). The number of hydrogen-bond donors (Lipinski definition) is 1. The van der Waals surface area contributed by atoms with E-state index in [-0.39, 0.29) is 24.3 Å². The average molecular weight is 480 g/mol. The second-order valence-corrected chi connectivity index (χ2v) is 10.8. The molecule has 2 bridgehead atoms. The Kier molecular flexibility index (Phi) is 6.32. The highest BCUT2D eigenvalue weighted by molar-refractivity contribution is 8.16. The van der Waals surface area contributed by atoms with Crippen LogP contribution in [-0.4, -0.2) is 34.6 Å². The van der Waals surface area contributed by atoms with E-state index in [4.69, 9.17) is 9.73 Å². The number of fused-ring (bicyclic) bond motifs is 3. The van der Waals surface area contributed by atoms with Crippen LogP contribution in [0.4, 0.5) is 0 Å². The van der Waals surface area contributed by atoms with Crippen LogP contribution in [0.5, 0.6) is 0 Å². The molecule has 2 aliphatic carbocycles. The number of aliphatic imine (C=N–C) groups is 1. The van der Waals surface area contributed by atoms with Crippen LogP contribution in [0.2, 0.25) is 0 Å². The summed E-state index contributed by atoms with van der Waals surface area (Å²) in [6.45, 7) is 8.12. The van der Waals surface area contributed by atoms with Crippen LogP contribution in [0.25, 0.3) is 0 Å². The van der Waals surface area contributed by atoms with Gasteiger partial charge in [-0.05, 0) is 75.3 Å². The van der Waals surface area contributed by atoms with Gasteiger partial charge in [0.2, 0.25) is 5.91 Å². The summed E-state index contributed by atoms with van der Waals surface area (Å²) in [6.07, 6.45) is 5.19. The van der Waals surface area contributed by atoms with E-state index in [1.54, 1.807) is 0 Å². The summed E-state index contributed by atoms with van der Waals surface area (Å²) < 4.78 is 5.45. The van der Waals surface area contributed by atoms with Crippen LogP contribution >= 0.6 is 11.8 Å². The van der Waals surface area contributed by atoms with Crippen LogP contribution in [0, 0.1) is 25.7 Å². The maximum absolute atomic E-state index is 13.1. The van der Waals surface area contributed by atoms with Gasteiger partial charge in [-0.1, -0.05) is 41.9 Å². The van der Waals surface area contributed by atoms with Gasteiger partial charge >= 0.3 is 5.97 Å². The number of nitrogens with zero attached hydrogens (tertiary/aromatic N) is 2. The highest BCUT2D eigenvalue weighted by Crippen LogP contribution is 2.47. The number of allylic oxidation sites excluding steroid dienone is 1. The van der Waals surface area contributed by atoms with E-state index >= 15 is 0 Å². The third kappa shape index (κ3) is 4.19. The number of ether oxygens (including phenoxy) is 1. The largest absolute Gasteiger partial charge is 0.463 e. The van der Waals surface area contributed by atoms with E-state index in [2.05, 4.69) is 42.3 Å². The standard InChI is InChI=1S/C27H33N3O3S/c1-5-33-26(32)24-17(4)28-27-30(25(24)21-9-6-15(2)10-16(21)3)20(14-34-27)13-23(31)29-22-12-18-7-8-19(22)11-18/h6,9-10,14,18-19,22,25H,5,7-8,11-13H2,1-4H3,(H,29,31)/t18-,19-,22-,25+/m0/s1. The molecule has 0 spiro atoms. The van der Waals surface area contributed by atoms with Crippen molar-refractivity contribution in [2.75, 3.05) is 6.61 Å². The first-order valence-electron chi connectivity index (χ1n) is 12.3. The summed E-state index contributed by atoms with van der Waals surface area (Å²) in [4.78, 5) is 33.0. The number of amides is 1. The lowest BCUT2D eigenvalue weighted by Crippen LogP contribution is -2.41. The van der Waals surface area contributed by atoms with Gasteiger partial charge in [-0.2, -0.15) is 0 Å². The second kappa shape index (κ2) is 9.25. The average Bonchev–Trinajstić information content (AvgIpc) is 3.49. The molecule has 4 atom stereocenters. The number of nitrogens with one attached hydrogen (secondary N) is 1. The van der Waals surface area contributed by atoms with Crippen LogP contribution in [0.15, 0.2) is 45.6 Å².